The molecule has 0 bridgehead atoms. The van der Waals surface area contributed by atoms with Gasteiger partial charge in [0.2, 0.25) is 0 Å². The molecule has 0 amide bonds. The van der Waals surface area contributed by atoms with Crippen molar-refractivity contribution in [2.45, 2.75) is 38.1 Å². The van der Waals surface area contributed by atoms with E-state index in [0.29, 0.717) is 18.8 Å². The zero-order chi connectivity index (χ0) is 11.5. The van der Waals surface area contributed by atoms with E-state index in [2.05, 4.69) is 4.98 Å². The van der Waals surface area contributed by atoms with Gasteiger partial charge in [0.1, 0.15) is 11.6 Å². The first kappa shape index (κ1) is 11.3. The second-order valence-corrected chi connectivity index (χ2v) is 4.70. The SMILES string of the molecule is Cn1ccnc1CCC(=O)CC(N)C1CC1. The van der Waals surface area contributed by atoms with Gasteiger partial charge >= 0.3 is 0 Å². The van der Waals surface area contributed by atoms with Gasteiger partial charge in [0.25, 0.3) is 0 Å². The van der Waals surface area contributed by atoms with Gasteiger partial charge in [-0.3, -0.25) is 4.79 Å². The quantitative estimate of drug-likeness (QED) is 0.781. The monoisotopic (exact) mass is 221 g/mol. The summed E-state index contributed by atoms with van der Waals surface area (Å²) in [7, 11) is 1.95. The first-order chi connectivity index (χ1) is 7.66. The predicted molar refractivity (Wildman–Crippen MR) is 61.9 cm³/mol. The number of nitrogens with zero attached hydrogens (tertiary/aromatic N) is 2. The van der Waals surface area contributed by atoms with E-state index in [0.717, 1.165) is 12.2 Å². The Labute approximate surface area is 95.9 Å². The Kier molecular flexibility index (Phi) is 3.39. The summed E-state index contributed by atoms with van der Waals surface area (Å²) >= 11 is 0. The zero-order valence-corrected chi connectivity index (χ0v) is 9.72. The molecule has 0 aromatic carbocycles. The Morgan fingerprint density at radius 1 is 1.69 bits per heavy atom. The van der Waals surface area contributed by atoms with Crippen LogP contribution in [0.3, 0.4) is 0 Å². The summed E-state index contributed by atoms with van der Waals surface area (Å²) in [5.74, 6) is 1.84. The summed E-state index contributed by atoms with van der Waals surface area (Å²) in [6.07, 6.45) is 7.88. The third-order valence-electron chi connectivity index (χ3n) is 3.24. The van der Waals surface area contributed by atoms with Crippen molar-refractivity contribution >= 4 is 5.78 Å². The van der Waals surface area contributed by atoms with Crippen LogP contribution in [0.4, 0.5) is 0 Å². The normalized spacial score (nSPS) is 17.4. The predicted octanol–water partition coefficient (Wildman–Crippen LogP) is 1.05. The number of aromatic nitrogens is 2. The lowest BCUT2D eigenvalue weighted by Gasteiger charge is -2.08. The molecule has 1 atom stereocenters. The molecule has 1 saturated carbocycles. The Morgan fingerprint density at radius 2 is 2.44 bits per heavy atom. The molecule has 0 spiro atoms. The third kappa shape index (κ3) is 2.92. The van der Waals surface area contributed by atoms with Crippen molar-refractivity contribution in [2.24, 2.45) is 18.7 Å². The van der Waals surface area contributed by atoms with E-state index in [1.807, 2.05) is 17.8 Å². The molecule has 1 fully saturated rings. The summed E-state index contributed by atoms with van der Waals surface area (Å²) < 4.78 is 1.95. The number of nitrogens with two attached hydrogens (primary N) is 1. The van der Waals surface area contributed by atoms with Gasteiger partial charge in [0.05, 0.1) is 0 Å². The Balaban J connectivity index is 1.73. The molecule has 2 rings (SSSR count). The van der Waals surface area contributed by atoms with Crippen molar-refractivity contribution in [2.75, 3.05) is 0 Å². The molecular weight excluding hydrogens is 202 g/mol. The number of rotatable bonds is 6. The molecule has 0 aliphatic heterocycles. The Bertz CT molecular complexity index is 368. The molecule has 1 aliphatic rings. The summed E-state index contributed by atoms with van der Waals surface area (Å²) in [5.41, 5.74) is 5.92. The molecule has 1 unspecified atom stereocenters. The van der Waals surface area contributed by atoms with Crippen LogP contribution in [0, 0.1) is 5.92 Å². The second-order valence-electron chi connectivity index (χ2n) is 4.70. The lowest BCUT2D eigenvalue weighted by atomic mass is 10.0. The fourth-order valence-corrected chi connectivity index (χ4v) is 1.94. The average molecular weight is 221 g/mol. The third-order valence-corrected chi connectivity index (χ3v) is 3.24. The molecule has 1 aromatic rings. The van der Waals surface area contributed by atoms with Gasteiger partial charge in [-0.1, -0.05) is 0 Å². The first-order valence-electron chi connectivity index (χ1n) is 5.90. The number of hydrogen-bond acceptors (Lipinski definition) is 3. The number of hydrogen-bond donors (Lipinski definition) is 1. The van der Waals surface area contributed by atoms with Gasteiger partial charge in [0.15, 0.2) is 0 Å². The van der Waals surface area contributed by atoms with Crippen LogP contribution in [0.1, 0.15) is 31.5 Å². The van der Waals surface area contributed by atoms with Crippen LogP contribution in [-0.2, 0) is 18.3 Å². The Hall–Kier alpha value is -1.16. The standard InChI is InChI=1S/C12H19N3O/c1-15-7-6-14-12(15)5-4-10(16)8-11(13)9-2-3-9/h6-7,9,11H,2-5,8,13H2,1H3. The molecule has 1 aromatic heterocycles. The van der Waals surface area contributed by atoms with Crippen LogP contribution >= 0.6 is 0 Å². The van der Waals surface area contributed by atoms with Crippen LogP contribution in [0.25, 0.3) is 0 Å². The fourth-order valence-electron chi connectivity index (χ4n) is 1.94. The van der Waals surface area contributed by atoms with Gasteiger partial charge in [0, 0.05) is 44.7 Å². The van der Waals surface area contributed by atoms with E-state index in [9.17, 15) is 4.79 Å². The summed E-state index contributed by atoms with van der Waals surface area (Å²) in [5, 5.41) is 0. The second kappa shape index (κ2) is 4.78. The van der Waals surface area contributed by atoms with E-state index >= 15 is 0 Å². The minimum Gasteiger partial charge on any atom is -0.338 e. The number of carbonyl (C=O) groups excluding carboxylic acids is 1. The molecule has 4 nitrogen and oxygen atoms in total. The van der Waals surface area contributed by atoms with Crippen molar-refractivity contribution in [3.63, 3.8) is 0 Å². The first-order valence-corrected chi connectivity index (χ1v) is 5.90. The van der Waals surface area contributed by atoms with Gasteiger partial charge in [-0.2, -0.15) is 0 Å². The molecule has 4 heteroatoms. The molecule has 16 heavy (non-hydrogen) atoms. The van der Waals surface area contributed by atoms with Crippen molar-refractivity contribution in [3.8, 4) is 0 Å². The van der Waals surface area contributed by atoms with Crippen molar-refractivity contribution in [1.29, 1.82) is 0 Å². The maximum Gasteiger partial charge on any atom is 0.134 e. The number of Topliss-reactive ketones (excluding diaryl/α,β-unsaturated/α-hetero) is 1. The molecule has 1 aliphatic carbocycles. The number of carbonyl (C=O) groups is 1. The van der Waals surface area contributed by atoms with Gasteiger partial charge in [-0.05, 0) is 18.8 Å². The van der Waals surface area contributed by atoms with Crippen LogP contribution < -0.4 is 5.73 Å². The average Bonchev–Trinajstić information content (AvgIpc) is 3.00. The van der Waals surface area contributed by atoms with Gasteiger partial charge < -0.3 is 10.3 Å². The van der Waals surface area contributed by atoms with Gasteiger partial charge in [-0.15, -0.1) is 0 Å². The highest BCUT2D eigenvalue weighted by Gasteiger charge is 2.29. The zero-order valence-electron chi connectivity index (χ0n) is 9.72. The molecule has 0 saturated heterocycles. The molecule has 2 N–H and O–H groups in total. The van der Waals surface area contributed by atoms with E-state index in [1.54, 1.807) is 6.20 Å². The van der Waals surface area contributed by atoms with Crippen LogP contribution in [0.15, 0.2) is 12.4 Å². The molecular formula is C12H19N3O. The van der Waals surface area contributed by atoms with Crippen LogP contribution in [0.2, 0.25) is 0 Å². The number of ketones is 1. The van der Waals surface area contributed by atoms with Crippen molar-refractivity contribution < 1.29 is 4.79 Å². The van der Waals surface area contributed by atoms with E-state index in [4.69, 9.17) is 5.73 Å². The minimum absolute atomic E-state index is 0.0915. The maximum absolute atomic E-state index is 11.7. The molecule has 1 heterocycles. The van der Waals surface area contributed by atoms with E-state index < -0.39 is 0 Å². The van der Waals surface area contributed by atoms with E-state index in [1.165, 1.54) is 12.8 Å². The summed E-state index contributed by atoms with van der Waals surface area (Å²) in [6, 6.07) is 0.0915. The highest BCUT2D eigenvalue weighted by atomic mass is 16.1. The topological polar surface area (TPSA) is 60.9 Å². The highest BCUT2D eigenvalue weighted by molar-refractivity contribution is 5.79. The van der Waals surface area contributed by atoms with Gasteiger partial charge in [-0.25, -0.2) is 4.98 Å². The molecule has 0 radical (unpaired) electrons. The number of imidazole rings is 1. The van der Waals surface area contributed by atoms with Crippen molar-refractivity contribution in [1.82, 2.24) is 9.55 Å². The van der Waals surface area contributed by atoms with E-state index in [-0.39, 0.29) is 11.8 Å². The van der Waals surface area contributed by atoms with Crippen LogP contribution in [-0.4, -0.2) is 21.4 Å². The van der Waals surface area contributed by atoms with Crippen LogP contribution in [0.5, 0.6) is 0 Å². The smallest absolute Gasteiger partial charge is 0.134 e. The number of aryl methyl sites for hydroxylation is 2. The maximum atomic E-state index is 11.7. The minimum atomic E-state index is 0.0915. The lowest BCUT2D eigenvalue weighted by Crippen LogP contribution is -2.26. The molecule has 88 valence electrons. The fraction of sp³-hybridized carbons (Fsp3) is 0.667. The summed E-state index contributed by atoms with van der Waals surface area (Å²) in [6.45, 7) is 0. The Morgan fingerprint density at radius 3 is 3.00 bits per heavy atom. The highest BCUT2D eigenvalue weighted by Crippen LogP contribution is 2.32. The van der Waals surface area contributed by atoms with Crippen molar-refractivity contribution in [3.05, 3.63) is 18.2 Å². The summed E-state index contributed by atoms with van der Waals surface area (Å²) in [4.78, 5) is 15.9. The lowest BCUT2D eigenvalue weighted by molar-refractivity contribution is -0.119. The largest absolute Gasteiger partial charge is 0.338 e.